The maximum Gasteiger partial charge on any atom is 0.258 e. The van der Waals surface area contributed by atoms with Gasteiger partial charge in [-0.2, -0.15) is 5.10 Å². The molecule has 0 unspecified atom stereocenters. The number of rotatable bonds is 3. The van der Waals surface area contributed by atoms with Gasteiger partial charge in [-0.1, -0.05) is 25.3 Å². The fourth-order valence-corrected chi connectivity index (χ4v) is 6.63. The molecule has 3 aromatic rings. The van der Waals surface area contributed by atoms with Crippen molar-refractivity contribution >= 4 is 17.7 Å². The Bertz CT molecular complexity index is 1570. The molecule has 1 saturated carbocycles. The molecule has 4 bridgehead atoms. The number of amides is 3. The van der Waals surface area contributed by atoms with E-state index in [9.17, 15) is 18.8 Å². The summed E-state index contributed by atoms with van der Waals surface area (Å²) in [6, 6.07) is 9.03. The lowest BCUT2D eigenvalue weighted by Gasteiger charge is -2.39. The number of H-pyrrole nitrogens is 1. The topological polar surface area (TPSA) is 135 Å². The van der Waals surface area contributed by atoms with E-state index in [0.717, 1.165) is 36.9 Å². The molecule has 0 radical (unpaired) electrons. The van der Waals surface area contributed by atoms with Crippen LogP contribution in [-0.2, 0) is 22.6 Å². The first-order chi connectivity index (χ1) is 22.4. The minimum absolute atomic E-state index is 0.130. The molecular formula is C34H40FN5O6. The molecule has 1 saturated heterocycles. The summed E-state index contributed by atoms with van der Waals surface area (Å²) in [6.07, 6.45) is 7.57. The van der Waals surface area contributed by atoms with Gasteiger partial charge in [0.1, 0.15) is 17.7 Å². The number of ether oxygens (including phenoxy) is 3. The molecule has 0 spiro atoms. The van der Waals surface area contributed by atoms with Gasteiger partial charge >= 0.3 is 0 Å². The molecule has 11 nitrogen and oxygen atoms in total. The number of aromatic amines is 1. The fourth-order valence-electron chi connectivity index (χ4n) is 6.63. The number of carbonyl (C=O) groups is 3. The first kappa shape index (κ1) is 31.4. The SMILES string of the molecule is COc1ccc2cc1OCC(=O)N[C@@H]1CN(C(=O)c3cn[nH]c3C3CCCCC3)CC[C@H]1Oc1cc(F)cc(c1)CNC(=O)CC2. The maximum atomic E-state index is 14.7. The van der Waals surface area contributed by atoms with Gasteiger partial charge in [0.05, 0.1) is 30.6 Å². The minimum Gasteiger partial charge on any atom is -0.493 e. The van der Waals surface area contributed by atoms with Crippen LogP contribution in [0.5, 0.6) is 17.2 Å². The second-order valence-corrected chi connectivity index (χ2v) is 12.2. The molecule has 244 valence electrons. The summed E-state index contributed by atoms with van der Waals surface area (Å²) in [5.74, 6) is 0.137. The lowest BCUT2D eigenvalue weighted by molar-refractivity contribution is -0.125. The average Bonchev–Trinajstić information content (AvgIpc) is 3.56. The van der Waals surface area contributed by atoms with Crippen molar-refractivity contribution in [3.8, 4) is 17.2 Å². The zero-order chi connectivity index (χ0) is 32.0. The number of aromatic nitrogens is 2. The standard InChI is InChI=1S/C34H40FN5O6/c1-44-29-9-7-21-8-10-31(41)36-17-22-13-24(35)16-25(14-22)46-28-11-12-40(19-27(28)38-32(42)20-45-30(29)15-21)34(43)26-18-37-39-33(26)23-5-3-2-4-6-23/h7,9,13-16,18,23,27-28H,2-6,8,10-12,17,19-20H2,1H3,(H,36,41)(H,37,39)(H,38,42)/t27-,28-/m1/s1. The first-order valence-electron chi connectivity index (χ1n) is 16.0. The first-order valence-corrected chi connectivity index (χ1v) is 16.0. The van der Waals surface area contributed by atoms with Crippen molar-refractivity contribution in [1.29, 1.82) is 0 Å². The number of aryl methyl sites for hydroxylation is 1. The van der Waals surface area contributed by atoms with Crippen LogP contribution in [0.15, 0.2) is 42.6 Å². The second-order valence-electron chi connectivity index (χ2n) is 12.2. The van der Waals surface area contributed by atoms with Crippen LogP contribution in [0.3, 0.4) is 0 Å². The van der Waals surface area contributed by atoms with Crippen molar-refractivity contribution in [2.24, 2.45) is 0 Å². The molecule has 2 aliphatic heterocycles. The summed E-state index contributed by atoms with van der Waals surface area (Å²) < 4.78 is 32.3. The molecule has 2 fully saturated rings. The number of likely N-dealkylation sites (tertiary alicyclic amines) is 1. The lowest BCUT2D eigenvalue weighted by Crippen LogP contribution is -2.58. The van der Waals surface area contributed by atoms with Gasteiger partial charge in [0.25, 0.3) is 11.8 Å². The molecule has 12 heteroatoms. The van der Waals surface area contributed by atoms with Gasteiger partial charge in [-0.05, 0) is 54.7 Å². The molecule has 3 amide bonds. The van der Waals surface area contributed by atoms with Gasteiger partial charge in [0.15, 0.2) is 18.1 Å². The quantitative estimate of drug-likeness (QED) is 0.397. The van der Waals surface area contributed by atoms with Crippen LogP contribution < -0.4 is 24.8 Å². The zero-order valence-electron chi connectivity index (χ0n) is 26.0. The molecule has 3 N–H and O–H groups in total. The number of hydrogen-bond acceptors (Lipinski definition) is 7. The Hall–Kier alpha value is -4.61. The van der Waals surface area contributed by atoms with E-state index in [1.165, 1.54) is 25.7 Å². The fraction of sp³-hybridized carbons (Fsp3) is 0.471. The molecule has 3 heterocycles. The summed E-state index contributed by atoms with van der Waals surface area (Å²) in [4.78, 5) is 41.5. The number of carbonyl (C=O) groups excluding carboxylic acids is 3. The van der Waals surface area contributed by atoms with Gasteiger partial charge in [-0.3, -0.25) is 19.5 Å². The molecule has 6 rings (SSSR count). The summed E-state index contributed by atoms with van der Waals surface area (Å²) >= 11 is 0. The van der Waals surface area contributed by atoms with Gasteiger partial charge in [0, 0.05) is 44.5 Å². The highest BCUT2D eigenvalue weighted by Gasteiger charge is 2.36. The van der Waals surface area contributed by atoms with Crippen LogP contribution in [0.1, 0.15) is 78.0 Å². The average molecular weight is 634 g/mol. The van der Waals surface area contributed by atoms with E-state index in [1.54, 1.807) is 29.3 Å². The van der Waals surface area contributed by atoms with E-state index in [2.05, 4.69) is 20.8 Å². The van der Waals surface area contributed by atoms with Crippen LogP contribution in [0.4, 0.5) is 4.39 Å². The summed E-state index contributed by atoms with van der Waals surface area (Å²) in [5, 5.41) is 13.1. The number of hydrogen-bond donors (Lipinski definition) is 3. The number of nitrogens with zero attached hydrogens (tertiary/aromatic N) is 2. The highest BCUT2D eigenvalue weighted by Crippen LogP contribution is 2.34. The van der Waals surface area contributed by atoms with Crippen LogP contribution in [0.2, 0.25) is 0 Å². The molecule has 1 aromatic heterocycles. The summed E-state index contributed by atoms with van der Waals surface area (Å²) in [7, 11) is 1.51. The van der Waals surface area contributed by atoms with E-state index in [1.807, 2.05) is 6.07 Å². The highest BCUT2D eigenvalue weighted by molar-refractivity contribution is 5.95. The Morgan fingerprint density at radius 3 is 2.70 bits per heavy atom. The zero-order valence-corrected chi connectivity index (χ0v) is 26.0. The van der Waals surface area contributed by atoms with Crippen molar-refractivity contribution in [3.05, 3.63) is 70.8 Å². The lowest BCUT2D eigenvalue weighted by atomic mass is 9.85. The third-order valence-corrected chi connectivity index (χ3v) is 9.03. The van der Waals surface area contributed by atoms with Gasteiger partial charge < -0.3 is 29.7 Å². The number of nitrogens with one attached hydrogen (secondary N) is 3. The number of piperidine rings is 1. The number of benzene rings is 2. The largest absolute Gasteiger partial charge is 0.493 e. The minimum atomic E-state index is -0.614. The van der Waals surface area contributed by atoms with E-state index >= 15 is 0 Å². The molecule has 2 aromatic carbocycles. The van der Waals surface area contributed by atoms with E-state index in [0.29, 0.717) is 42.0 Å². The third-order valence-electron chi connectivity index (χ3n) is 9.03. The van der Waals surface area contributed by atoms with Crippen LogP contribution in [0, 0.1) is 5.82 Å². The Kier molecular flexibility index (Phi) is 9.70. The van der Waals surface area contributed by atoms with E-state index in [4.69, 9.17) is 14.2 Å². The Morgan fingerprint density at radius 2 is 1.87 bits per heavy atom. The van der Waals surface area contributed by atoms with Crippen molar-refractivity contribution < 1.29 is 33.0 Å². The maximum absolute atomic E-state index is 14.7. The predicted octanol–water partition coefficient (Wildman–Crippen LogP) is 4.02. The number of methoxy groups -OCH3 is 1. The Balaban J connectivity index is 1.25. The number of halogens is 1. The molecule has 2 atom stereocenters. The summed E-state index contributed by atoms with van der Waals surface area (Å²) in [5.41, 5.74) is 2.82. The molecular weight excluding hydrogens is 593 g/mol. The predicted molar refractivity (Wildman–Crippen MR) is 166 cm³/mol. The van der Waals surface area contributed by atoms with Crippen molar-refractivity contribution in [2.45, 2.75) is 76.0 Å². The Labute approximate surface area is 267 Å². The summed E-state index contributed by atoms with van der Waals surface area (Å²) in [6.45, 7) is 0.381. The van der Waals surface area contributed by atoms with Crippen LogP contribution >= 0.6 is 0 Å². The third kappa shape index (κ3) is 7.43. The van der Waals surface area contributed by atoms with Crippen LogP contribution in [-0.4, -0.2) is 71.8 Å². The normalized spacial score (nSPS) is 21.4. The van der Waals surface area contributed by atoms with Crippen molar-refractivity contribution in [1.82, 2.24) is 25.7 Å². The monoisotopic (exact) mass is 633 g/mol. The van der Waals surface area contributed by atoms with Crippen molar-refractivity contribution in [3.63, 3.8) is 0 Å². The number of fused-ring (bicyclic) bond motifs is 5. The molecule has 3 aliphatic rings. The van der Waals surface area contributed by atoms with Gasteiger partial charge in [-0.25, -0.2) is 4.39 Å². The molecule has 1 aliphatic carbocycles. The van der Waals surface area contributed by atoms with Gasteiger partial charge in [-0.15, -0.1) is 0 Å². The van der Waals surface area contributed by atoms with E-state index in [-0.39, 0.29) is 49.6 Å². The van der Waals surface area contributed by atoms with Crippen LogP contribution in [0.25, 0.3) is 0 Å². The smallest absolute Gasteiger partial charge is 0.258 e. The van der Waals surface area contributed by atoms with Crippen molar-refractivity contribution in [2.75, 3.05) is 26.8 Å². The molecule has 46 heavy (non-hydrogen) atoms. The Morgan fingerprint density at radius 1 is 1.02 bits per heavy atom. The van der Waals surface area contributed by atoms with E-state index < -0.39 is 23.9 Å². The highest BCUT2D eigenvalue weighted by atomic mass is 19.1. The second kappa shape index (κ2) is 14.2. The van der Waals surface area contributed by atoms with Gasteiger partial charge in [0.2, 0.25) is 5.91 Å².